The summed E-state index contributed by atoms with van der Waals surface area (Å²) in [7, 11) is 3.48. The molecule has 1 aliphatic heterocycles. The van der Waals surface area contributed by atoms with Crippen molar-refractivity contribution in [2.75, 3.05) is 33.7 Å². The summed E-state index contributed by atoms with van der Waals surface area (Å²) in [6.07, 6.45) is 6.94. The fraction of sp³-hybridized carbons (Fsp3) is 0.294. The van der Waals surface area contributed by atoms with Gasteiger partial charge in [0, 0.05) is 49.9 Å². The van der Waals surface area contributed by atoms with Crippen LogP contribution in [0, 0.1) is 0 Å². The first-order valence-electron chi connectivity index (χ1n) is 14.1. The van der Waals surface area contributed by atoms with Crippen molar-refractivity contribution in [1.29, 1.82) is 0 Å². The summed E-state index contributed by atoms with van der Waals surface area (Å²) in [5.74, 6) is -0.151. The molecular weight excluding hydrogens is 571 g/mol. The van der Waals surface area contributed by atoms with Gasteiger partial charge in [0.25, 0.3) is 0 Å². The number of benzene rings is 3. The third-order valence-electron chi connectivity index (χ3n) is 7.79. The molecule has 42 heavy (non-hydrogen) atoms. The lowest BCUT2D eigenvalue weighted by Gasteiger charge is -2.19. The van der Waals surface area contributed by atoms with Crippen LogP contribution in [0.2, 0.25) is 10.0 Å². The van der Waals surface area contributed by atoms with E-state index in [2.05, 4.69) is 17.0 Å². The zero-order valence-corrected chi connectivity index (χ0v) is 25.3. The second-order valence-electron chi connectivity index (χ2n) is 11.0. The van der Waals surface area contributed by atoms with E-state index >= 15 is 0 Å². The molecule has 0 radical (unpaired) electrons. The number of rotatable bonds is 8. The Balaban J connectivity index is 1.41. The number of halogens is 2. The average molecular weight is 606 g/mol. The van der Waals surface area contributed by atoms with E-state index in [1.165, 1.54) is 0 Å². The van der Waals surface area contributed by atoms with Crippen molar-refractivity contribution in [2.24, 2.45) is 0 Å². The summed E-state index contributed by atoms with van der Waals surface area (Å²) in [5.41, 5.74) is 6.41. The summed E-state index contributed by atoms with van der Waals surface area (Å²) in [4.78, 5) is 27.3. The van der Waals surface area contributed by atoms with Crippen molar-refractivity contribution in [1.82, 2.24) is 9.80 Å². The first kappa shape index (κ1) is 29.9. The summed E-state index contributed by atoms with van der Waals surface area (Å²) >= 11 is 12.9. The van der Waals surface area contributed by atoms with Crippen molar-refractivity contribution in [2.45, 2.75) is 31.8 Å². The molecule has 3 aromatic carbocycles. The van der Waals surface area contributed by atoms with Gasteiger partial charge in [-0.2, -0.15) is 0 Å². The number of fused-ring (bicyclic) bond motifs is 1. The first-order chi connectivity index (χ1) is 20.2. The number of likely N-dealkylation sites (tertiary alicyclic amines) is 1. The van der Waals surface area contributed by atoms with Crippen LogP contribution in [0.1, 0.15) is 51.9 Å². The highest BCUT2D eigenvalue weighted by molar-refractivity contribution is 6.36. The van der Waals surface area contributed by atoms with Crippen molar-refractivity contribution in [3.63, 3.8) is 0 Å². The molecule has 1 saturated heterocycles. The molecular formula is C34H34Cl2N2O4. The number of hydrogen-bond acceptors (Lipinski definition) is 4. The zero-order chi connectivity index (χ0) is 29.8. The van der Waals surface area contributed by atoms with Crippen molar-refractivity contribution < 1.29 is 19.4 Å². The van der Waals surface area contributed by atoms with E-state index in [-0.39, 0.29) is 17.6 Å². The lowest BCUT2D eigenvalue weighted by molar-refractivity contribution is -0.123. The SMILES string of the molecule is CN(C)C(=O)/C=C/CN1CC[C@H](Oc2ccc(C3=C(c4ccc(Cl)cc4Cl)CCCc4cc(C(=O)O)ccc43)cc2)C1. The highest BCUT2D eigenvalue weighted by Gasteiger charge is 2.25. The zero-order valence-electron chi connectivity index (χ0n) is 23.8. The molecule has 1 heterocycles. The van der Waals surface area contributed by atoms with Gasteiger partial charge in [-0.15, -0.1) is 0 Å². The van der Waals surface area contributed by atoms with Gasteiger partial charge in [-0.25, -0.2) is 4.79 Å². The number of nitrogens with zero attached hydrogens (tertiary/aromatic N) is 2. The Morgan fingerprint density at radius 2 is 1.79 bits per heavy atom. The van der Waals surface area contributed by atoms with E-state index in [1.54, 1.807) is 43.3 Å². The number of carbonyl (C=O) groups excluding carboxylic acids is 1. The van der Waals surface area contributed by atoms with Gasteiger partial charge in [-0.1, -0.05) is 53.5 Å². The van der Waals surface area contributed by atoms with Gasteiger partial charge in [-0.3, -0.25) is 9.69 Å². The predicted molar refractivity (Wildman–Crippen MR) is 168 cm³/mol. The standard InChI is InChI=1S/C34H34Cl2N2O4/c1-37(2)32(39)7-4-17-38-18-16-27(21-38)42-26-12-8-22(9-13-26)33-28-14-10-24(34(40)41)19-23(28)5-3-6-30(33)29-15-11-25(35)20-31(29)36/h4,7-15,19-20,27H,3,5-6,16-18,21H2,1-2H3,(H,40,41)/b7-4+/t27-/m0/s1. The number of amides is 1. The maximum Gasteiger partial charge on any atom is 0.335 e. The Hall–Kier alpha value is -3.58. The molecule has 1 N–H and O–H groups in total. The van der Waals surface area contributed by atoms with Crippen molar-refractivity contribution in [3.8, 4) is 5.75 Å². The quantitative estimate of drug-likeness (QED) is 0.278. The number of carbonyl (C=O) groups is 2. The number of hydrogen-bond donors (Lipinski definition) is 1. The molecule has 1 fully saturated rings. The highest BCUT2D eigenvalue weighted by atomic mass is 35.5. The summed E-state index contributed by atoms with van der Waals surface area (Å²) in [6, 6.07) is 19.1. The first-order valence-corrected chi connectivity index (χ1v) is 14.9. The number of carboxylic acids is 1. The Kier molecular flexibility index (Phi) is 9.37. The van der Waals surface area contributed by atoms with E-state index in [4.69, 9.17) is 27.9 Å². The van der Waals surface area contributed by atoms with E-state index in [1.807, 2.05) is 36.4 Å². The smallest absolute Gasteiger partial charge is 0.335 e. The molecule has 2 aliphatic rings. The molecule has 0 aromatic heterocycles. The highest BCUT2D eigenvalue weighted by Crippen LogP contribution is 2.42. The van der Waals surface area contributed by atoms with E-state index in [0.717, 1.165) is 77.9 Å². The largest absolute Gasteiger partial charge is 0.489 e. The summed E-state index contributed by atoms with van der Waals surface area (Å²) in [5, 5.41) is 10.8. The van der Waals surface area contributed by atoms with Crippen LogP contribution in [0.25, 0.3) is 11.1 Å². The molecule has 0 bridgehead atoms. The second-order valence-corrected chi connectivity index (χ2v) is 11.8. The lowest BCUT2D eigenvalue weighted by Crippen LogP contribution is -2.25. The Morgan fingerprint density at radius 3 is 2.50 bits per heavy atom. The predicted octanol–water partition coefficient (Wildman–Crippen LogP) is 7.08. The normalized spacial score (nSPS) is 17.3. The van der Waals surface area contributed by atoms with Crippen molar-refractivity contribution in [3.05, 3.63) is 111 Å². The minimum absolute atomic E-state index is 0.0164. The van der Waals surface area contributed by atoms with Crippen LogP contribution < -0.4 is 4.74 Å². The number of aryl methyl sites for hydroxylation is 1. The second kappa shape index (κ2) is 13.2. The molecule has 0 saturated carbocycles. The molecule has 1 aliphatic carbocycles. The molecule has 1 amide bonds. The molecule has 1 atom stereocenters. The van der Waals surface area contributed by atoms with Gasteiger partial charge in [0.15, 0.2) is 0 Å². The van der Waals surface area contributed by atoms with Crippen LogP contribution in [0.5, 0.6) is 5.75 Å². The number of ether oxygens (including phenoxy) is 1. The van der Waals surface area contributed by atoms with Crippen LogP contribution in [-0.4, -0.2) is 66.6 Å². The van der Waals surface area contributed by atoms with Crippen LogP contribution in [0.15, 0.2) is 72.8 Å². The Labute approximate surface area is 256 Å². The average Bonchev–Trinajstić information content (AvgIpc) is 3.31. The van der Waals surface area contributed by atoms with E-state index in [9.17, 15) is 14.7 Å². The third kappa shape index (κ3) is 6.89. The maximum atomic E-state index is 11.8. The fourth-order valence-electron chi connectivity index (χ4n) is 5.66. The number of allylic oxidation sites excluding steroid dienone is 1. The van der Waals surface area contributed by atoms with E-state index in [0.29, 0.717) is 16.6 Å². The molecule has 218 valence electrons. The Bertz CT molecular complexity index is 1550. The van der Waals surface area contributed by atoms with Crippen LogP contribution >= 0.6 is 23.2 Å². The molecule has 0 unspecified atom stereocenters. The number of aromatic carboxylic acids is 1. The summed E-state index contributed by atoms with van der Waals surface area (Å²) in [6.45, 7) is 2.42. The number of carboxylic acid groups (broad SMARTS) is 1. The minimum atomic E-state index is -0.932. The minimum Gasteiger partial charge on any atom is -0.489 e. The number of likely N-dealkylation sites (N-methyl/N-ethyl adjacent to an activating group) is 1. The van der Waals surface area contributed by atoms with Gasteiger partial charge in [0.2, 0.25) is 5.91 Å². The molecule has 0 spiro atoms. The monoisotopic (exact) mass is 604 g/mol. The van der Waals surface area contributed by atoms with Crippen molar-refractivity contribution >= 4 is 46.2 Å². The summed E-state index contributed by atoms with van der Waals surface area (Å²) < 4.78 is 6.34. The van der Waals surface area contributed by atoms with Crippen LogP contribution in [-0.2, 0) is 11.2 Å². The van der Waals surface area contributed by atoms with Gasteiger partial charge in [0.1, 0.15) is 11.9 Å². The van der Waals surface area contributed by atoms with Gasteiger partial charge >= 0.3 is 5.97 Å². The molecule has 8 heteroatoms. The van der Waals surface area contributed by atoms with Crippen LogP contribution in [0.3, 0.4) is 0 Å². The molecule has 5 rings (SSSR count). The van der Waals surface area contributed by atoms with E-state index < -0.39 is 5.97 Å². The molecule has 6 nitrogen and oxygen atoms in total. The van der Waals surface area contributed by atoms with Crippen LogP contribution in [0.4, 0.5) is 0 Å². The topological polar surface area (TPSA) is 70.1 Å². The lowest BCUT2D eigenvalue weighted by atomic mass is 9.87. The van der Waals surface area contributed by atoms with Gasteiger partial charge in [0.05, 0.1) is 5.56 Å². The fourth-order valence-corrected chi connectivity index (χ4v) is 6.18. The van der Waals surface area contributed by atoms with Gasteiger partial charge < -0.3 is 14.7 Å². The maximum absolute atomic E-state index is 11.8. The third-order valence-corrected chi connectivity index (χ3v) is 8.34. The van der Waals surface area contributed by atoms with Gasteiger partial charge in [-0.05, 0) is 95.5 Å². The molecule has 3 aromatic rings. The Morgan fingerprint density at radius 1 is 1.02 bits per heavy atom.